The van der Waals surface area contributed by atoms with Crippen molar-refractivity contribution in [2.45, 2.75) is 20.3 Å². The monoisotopic (exact) mass is 313 g/mol. The van der Waals surface area contributed by atoms with E-state index in [0.29, 0.717) is 5.69 Å². The summed E-state index contributed by atoms with van der Waals surface area (Å²) in [5.74, 6) is 1.60. The van der Waals surface area contributed by atoms with Crippen LogP contribution in [0.3, 0.4) is 0 Å². The van der Waals surface area contributed by atoms with Crippen molar-refractivity contribution in [1.82, 2.24) is 4.98 Å². The van der Waals surface area contributed by atoms with Gasteiger partial charge in [0.15, 0.2) is 0 Å². The molecule has 0 spiro atoms. The number of nitrogens with zero attached hydrogens (tertiary/aromatic N) is 1. The van der Waals surface area contributed by atoms with Crippen molar-refractivity contribution in [2.24, 2.45) is 5.92 Å². The highest BCUT2D eigenvalue weighted by molar-refractivity contribution is 5.91. The molecule has 23 heavy (non-hydrogen) atoms. The van der Waals surface area contributed by atoms with E-state index in [1.54, 1.807) is 13.3 Å². The van der Waals surface area contributed by atoms with E-state index >= 15 is 0 Å². The van der Waals surface area contributed by atoms with E-state index in [2.05, 4.69) is 27.8 Å². The van der Waals surface area contributed by atoms with Gasteiger partial charge in [-0.15, -0.1) is 0 Å². The van der Waals surface area contributed by atoms with Crippen LogP contribution < -0.4 is 15.4 Å². The average Bonchev–Trinajstić information content (AvgIpc) is 2.57. The van der Waals surface area contributed by atoms with Crippen molar-refractivity contribution in [2.75, 3.05) is 24.3 Å². The number of benzene rings is 1. The zero-order valence-corrected chi connectivity index (χ0v) is 13.8. The van der Waals surface area contributed by atoms with Crippen LogP contribution in [0, 0.1) is 5.92 Å². The standard InChI is InChI=1S/C18H23N3O2/c1-13(2)18(22)21-15-6-9-17(20-12-15)19-11-10-14-4-7-16(23-3)8-5-14/h4-9,12-13H,10-11H2,1-3H3,(H,19,20)(H,21,22). The molecule has 0 aliphatic carbocycles. The molecule has 1 heterocycles. The number of hydrogen-bond donors (Lipinski definition) is 2. The summed E-state index contributed by atoms with van der Waals surface area (Å²) in [4.78, 5) is 15.9. The number of anilines is 2. The summed E-state index contributed by atoms with van der Waals surface area (Å²) in [5, 5.41) is 6.09. The number of hydrogen-bond acceptors (Lipinski definition) is 4. The van der Waals surface area contributed by atoms with Gasteiger partial charge in [-0.2, -0.15) is 0 Å². The minimum Gasteiger partial charge on any atom is -0.497 e. The van der Waals surface area contributed by atoms with Crippen molar-refractivity contribution in [1.29, 1.82) is 0 Å². The molecule has 2 N–H and O–H groups in total. The van der Waals surface area contributed by atoms with E-state index in [0.717, 1.165) is 24.5 Å². The molecule has 1 aromatic carbocycles. The van der Waals surface area contributed by atoms with Gasteiger partial charge < -0.3 is 15.4 Å². The lowest BCUT2D eigenvalue weighted by Gasteiger charge is -2.09. The molecule has 0 saturated carbocycles. The third-order valence-electron chi connectivity index (χ3n) is 3.43. The van der Waals surface area contributed by atoms with Crippen LogP contribution in [-0.4, -0.2) is 24.5 Å². The topological polar surface area (TPSA) is 63.2 Å². The van der Waals surface area contributed by atoms with Crippen molar-refractivity contribution in [3.8, 4) is 5.75 Å². The van der Waals surface area contributed by atoms with Gasteiger partial charge in [0.25, 0.3) is 0 Å². The van der Waals surface area contributed by atoms with Crippen molar-refractivity contribution < 1.29 is 9.53 Å². The summed E-state index contributed by atoms with van der Waals surface area (Å²) in [5.41, 5.74) is 1.95. The zero-order chi connectivity index (χ0) is 16.7. The highest BCUT2D eigenvalue weighted by atomic mass is 16.5. The Kier molecular flexibility index (Phi) is 5.97. The van der Waals surface area contributed by atoms with E-state index in [4.69, 9.17) is 4.74 Å². The van der Waals surface area contributed by atoms with E-state index in [9.17, 15) is 4.79 Å². The number of amides is 1. The molecule has 2 aromatic rings. The second-order valence-corrected chi connectivity index (χ2v) is 5.60. The molecular weight excluding hydrogens is 290 g/mol. The van der Waals surface area contributed by atoms with E-state index < -0.39 is 0 Å². The van der Waals surface area contributed by atoms with Gasteiger partial charge in [0, 0.05) is 12.5 Å². The first-order valence-corrected chi connectivity index (χ1v) is 7.72. The van der Waals surface area contributed by atoms with Crippen LogP contribution in [0.2, 0.25) is 0 Å². The lowest BCUT2D eigenvalue weighted by atomic mass is 10.1. The highest BCUT2D eigenvalue weighted by Gasteiger charge is 2.07. The molecule has 1 aromatic heterocycles. The molecule has 5 nitrogen and oxygen atoms in total. The second-order valence-electron chi connectivity index (χ2n) is 5.60. The maximum atomic E-state index is 11.6. The van der Waals surface area contributed by atoms with Gasteiger partial charge in [0.2, 0.25) is 5.91 Å². The quantitative estimate of drug-likeness (QED) is 0.823. The summed E-state index contributed by atoms with van der Waals surface area (Å²) in [6.45, 7) is 4.51. The number of methoxy groups -OCH3 is 1. The number of pyridine rings is 1. The summed E-state index contributed by atoms with van der Waals surface area (Å²) >= 11 is 0. The lowest BCUT2D eigenvalue weighted by molar-refractivity contribution is -0.118. The maximum absolute atomic E-state index is 11.6. The predicted molar refractivity (Wildman–Crippen MR) is 92.9 cm³/mol. The Morgan fingerprint density at radius 2 is 1.91 bits per heavy atom. The second kappa shape index (κ2) is 8.17. The Bertz CT molecular complexity index is 622. The minimum atomic E-state index is -0.0442. The lowest BCUT2D eigenvalue weighted by Crippen LogP contribution is -2.17. The highest BCUT2D eigenvalue weighted by Crippen LogP contribution is 2.13. The number of carbonyl (C=O) groups is 1. The molecular formula is C18H23N3O2. The number of nitrogens with one attached hydrogen (secondary N) is 2. The number of rotatable bonds is 7. The van der Waals surface area contributed by atoms with Crippen molar-refractivity contribution >= 4 is 17.4 Å². The van der Waals surface area contributed by atoms with Crippen molar-refractivity contribution in [3.05, 3.63) is 48.2 Å². The first-order valence-electron chi connectivity index (χ1n) is 7.72. The number of aromatic nitrogens is 1. The Morgan fingerprint density at radius 1 is 1.17 bits per heavy atom. The van der Waals surface area contributed by atoms with E-state index in [-0.39, 0.29) is 11.8 Å². The largest absolute Gasteiger partial charge is 0.497 e. The fraction of sp³-hybridized carbons (Fsp3) is 0.333. The smallest absolute Gasteiger partial charge is 0.226 e. The van der Waals surface area contributed by atoms with Crippen LogP contribution in [0.4, 0.5) is 11.5 Å². The molecule has 0 aliphatic rings. The molecule has 0 saturated heterocycles. The molecule has 0 bridgehead atoms. The molecule has 0 unspecified atom stereocenters. The van der Waals surface area contributed by atoms with Gasteiger partial charge in [-0.05, 0) is 36.2 Å². The fourth-order valence-corrected chi connectivity index (χ4v) is 1.99. The molecule has 1 amide bonds. The Hall–Kier alpha value is -2.56. The van der Waals surface area contributed by atoms with Gasteiger partial charge in [-0.1, -0.05) is 26.0 Å². The Morgan fingerprint density at radius 3 is 2.48 bits per heavy atom. The van der Waals surface area contributed by atoms with E-state index in [1.165, 1.54) is 5.56 Å². The Labute approximate surface area is 137 Å². The van der Waals surface area contributed by atoms with Crippen LogP contribution in [0.5, 0.6) is 5.75 Å². The van der Waals surface area contributed by atoms with Crippen molar-refractivity contribution in [3.63, 3.8) is 0 Å². The van der Waals surface area contributed by atoms with Crippen LogP contribution in [0.1, 0.15) is 19.4 Å². The SMILES string of the molecule is COc1ccc(CCNc2ccc(NC(=O)C(C)C)cn2)cc1. The molecule has 122 valence electrons. The zero-order valence-electron chi connectivity index (χ0n) is 13.8. The first kappa shape index (κ1) is 16.8. The summed E-state index contributed by atoms with van der Waals surface area (Å²) in [6, 6.07) is 11.7. The molecule has 0 fully saturated rings. The van der Waals surface area contributed by atoms with Gasteiger partial charge in [0.05, 0.1) is 19.0 Å². The first-order chi connectivity index (χ1) is 11.1. The maximum Gasteiger partial charge on any atom is 0.226 e. The van der Waals surface area contributed by atoms with Gasteiger partial charge in [-0.25, -0.2) is 4.98 Å². The van der Waals surface area contributed by atoms with Crippen LogP contribution in [-0.2, 0) is 11.2 Å². The van der Waals surface area contributed by atoms with E-state index in [1.807, 2.05) is 38.1 Å². The summed E-state index contributed by atoms with van der Waals surface area (Å²) < 4.78 is 5.14. The number of carbonyl (C=O) groups excluding carboxylic acids is 1. The van der Waals surface area contributed by atoms with Crippen LogP contribution in [0.25, 0.3) is 0 Å². The van der Waals surface area contributed by atoms with Crippen LogP contribution >= 0.6 is 0 Å². The minimum absolute atomic E-state index is 0.00739. The Balaban J connectivity index is 1.80. The van der Waals surface area contributed by atoms with Gasteiger partial charge >= 0.3 is 0 Å². The van der Waals surface area contributed by atoms with Gasteiger partial charge in [0.1, 0.15) is 11.6 Å². The normalized spacial score (nSPS) is 10.4. The molecule has 5 heteroatoms. The third kappa shape index (κ3) is 5.29. The molecule has 0 aliphatic heterocycles. The fourth-order valence-electron chi connectivity index (χ4n) is 1.99. The molecule has 0 atom stereocenters. The van der Waals surface area contributed by atoms with Gasteiger partial charge in [-0.3, -0.25) is 4.79 Å². The predicted octanol–water partition coefficient (Wildman–Crippen LogP) is 3.34. The summed E-state index contributed by atoms with van der Waals surface area (Å²) in [6.07, 6.45) is 2.56. The average molecular weight is 313 g/mol. The third-order valence-corrected chi connectivity index (χ3v) is 3.43. The summed E-state index contributed by atoms with van der Waals surface area (Å²) in [7, 11) is 1.66. The molecule has 0 radical (unpaired) electrons. The van der Waals surface area contributed by atoms with Crippen LogP contribution in [0.15, 0.2) is 42.6 Å². The molecule has 2 rings (SSSR count). The number of ether oxygens (including phenoxy) is 1.